The van der Waals surface area contributed by atoms with Crippen molar-refractivity contribution in [2.45, 2.75) is 30.6 Å². The second-order valence-electron chi connectivity index (χ2n) is 9.56. The molecular weight excluding hydrogens is 956 g/mol. The van der Waals surface area contributed by atoms with Crippen LogP contribution < -0.4 is 16.0 Å². The van der Waals surface area contributed by atoms with Crippen molar-refractivity contribution in [2.75, 3.05) is 17.2 Å². The number of hydrogen-bond acceptors (Lipinski definition) is 8. The Bertz CT molecular complexity index is 1690. The lowest BCUT2D eigenvalue weighted by Crippen LogP contribution is -2.29. The summed E-state index contributed by atoms with van der Waals surface area (Å²) in [6, 6.07) is 8.81. The van der Waals surface area contributed by atoms with Crippen LogP contribution in [-0.4, -0.2) is 85.3 Å². The molecule has 0 aromatic heterocycles. The first-order valence-corrected chi connectivity index (χ1v) is 21.4. The van der Waals surface area contributed by atoms with Crippen LogP contribution in [0, 0.1) is 14.1 Å². The van der Waals surface area contributed by atoms with Gasteiger partial charge in [0.15, 0.2) is 10.8 Å². The van der Waals surface area contributed by atoms with Crippen LogP contribution in [0.25, 0.3) is 0 Å². The van der Waals surface area contributed by atoms with Crippen LogP contribution in [0.1, 0.15) is 28.8 Å². The van der Waals surface area contributed by atoms with Gasteiger partial charge >= 0.3 is 36.4 Å². The van der Waals surface area contributed by atoms with Gasteiger partial charge < -0.3 is 60.2 Å². The summed E-state index contributed by atoms with van der Waals surface area (Å²) in [6.07, 6.45) is -2.09. The zero-order valence-electron chi connectivity index (χ0n) is 24.1. The molecule has 0 aliphatic carbocycles. The predicted molar refractivity (Wildman–Crippen MR) is 185 cm³/mol. The number of hydrogen-bond donors (Lipinski definition) is 12. The quantitative estimate of drug-likeness (QED) is 0.100. The van der Waals surface area contributed by atoms with E-state index in [4.69, 9.17) is 44.3 Å². The van der Waals surface area contributed by atoms with Gasteiger partial charge in [-0.15, -0.1) is 0 Å². The van der Waals surface area contributed by atoms with Crippen molar-refractivity contribution >= 4 is 111 Å². The van der Waals surface area contributed by atoms with Gasteiger partial charge in [0.05, 0.1) is 18.4 Å². The van der Waals surface area contributed by atoms with Crippen molar-refractivity contribution in [3.8, 4) is 0 Å². The molecule has 268 valence electrons. The minimum Gasteiger partial charge on any atom is -0.480 e. The van der Waals surface area contributed by atoms with Crippen LogP contribution in [0.5, 0.6) is 0 Å². The van der Waals surface area contributed by atoms with E-state index in [9.17, 15) is 37.4 Å². The lowest BCUT2D eigenvalue weighted by molar-refractivity contribution is -0.135. The third kappa shape index (κ3) is 15.5. The van der Waals surface area contributed by atoms with Gasteiger partial charge in [0.1, 0.15) is 6.54 Å². The van der Waals surface area contributed by atoms with Gasteiger partial charge in [-0.1, -0.05) is 6.07 Å². The molecule has 20 nitrogen and oxygen atoms in total. The molecule has 0 heterocycles. The van der Waals surface area contributed by atoms with E-state index in [0.29, 0.717) is 9.26 Å². The number of carboxylic acids is 1. The fourth-order valence-corrected chi connectivity index (χ4v) is 9.35. The Morgan fingerprint density at radius 3 is 1.38 bits per heavy atom. The maximum atomic E-state index is 11.9. The van der Waals surface area contributed by atoms with E-state index >= 15 is 0 Å². The molecule has 0 unspecified atom stereocenters. The van der Waals surface area contributed by atoms with Gasteiger partial charge in [-0.2, -0.15) is 0 Å². The van der Waals surface area contributed by atoms with Gasteiger partial charge in [-0.25, -0.2) is 0 Å². The van der Waals surface area contributed by atoms with Gasteiger partial charge in [-0.05, 0) is 88.0 Å². The van der Waals surface area contributed by atoms with Crippen LogP contribution in [0.4, 0.5) is 11.4 Å². The number of halogens is 2. The fourth-order valence-electron chi connectivity index (χ4n) is 3.32. The highest BCUT2D eigenvalue weighted by Crippen LogP contribution is 2.62. The Labute approximate surface area is 298 Å². The largest absolute Gasteiger partial charge is 0.480 e. The Morgan fingerprint density at radius 2 is 1.04 bits per heavy atom. The zero-order chi connectivity index (χ0) is 37.4. The summed E-state index contributed by atoms with van der Waals surface area (Å²) in [7, 11) is -20.7. The highest BCUT2D eigenvalue weighted by atomic mass is 127. The third-order valence-corrected chi connectivity index (χ3v) is 15.1. The molecule has 0 aliphatic rings. The Morgan fingerprint density at radius 1 is 0.667 bits per heavy atom. The standard InChI is InChI=1S/C12H15IN2O10P2.C10H14INO7P2/c13-8-3-6(1-2-7(8)12(19)14-5-10(17)18)15-9(16)4-11(26(20,21)22)27(23,24)25;1-6-2-3-7(4-8(6)11)12-9(13)5-10(20(14,15)16)21(17,18)19/h1-3,11H,4-5H2,(H,14,19)(H,15,16)(H,17,18)(H2,20,21,22)(H2,23,24,25);2-4,10H,5H2,1H3,(H,12,13)(H2,14,15,16)(H2,17,18,19). The van der Waals surface area contributed by atoms with Crippen molar-refractivity contribution in [3.05, 3.63) is 54.7 Å². The monoisotopic (exact) mass is 985 g/mol. The average Bonchev–Trinajstić information content (AvgIpc) is 2.89. The number of amides is 3. The molecule has 0 bridgehead atoms. The first-order valence-electron chi connectivity index (χ1n) is 12.5. The highest BCUT2D eigenvalue weighted by Gasteiger charge is 2.45. The number of rotatable bonds is 13. The van der Waals surface area contributed by atoms with Crippen molar-refractivity contribution in [1.29, 1.82) is 0 Å². The van der Waals surface area contributed by atoms with E-state index in [0.717, 1.165) is 9.13 Å². The van der Waals surface area contributed by atoms with Crippen LogP contribution in [-0.2, 0) is 32.6 Å². The lowest BCUT2D eigenvalue weighted by Gasteiger charge is -2.19. The molecule has 2 aromatic carbocycles. The summed E-state index contributed by atoms with van der Waals surface area (Å²) >= 11 is 3.80. The van der Waals surface area contributed by atoms with Crippen LogP contribution in [0.2, 0.25) is 0 Å². The summed E-state index contributed by atoms with van der Waals surface area (Å²) in [5.41, 5.74) is 1.59. The molecule has 0 atom stereocenters. The van der Waals surface area contributed by atoms with E-state index < -0.39 is 84.3 Å². The molecule has 0 saturated heterocycles. The molecule has 2 aromatic rings. The van der Waals surface area contributed by atoms with Gasteiger partial charge in [0.25, 0.3) is 5.91 Å². The molecule has 0 saturated carbocycles. The SMILES string of the molecule is Cc1ccc(NC(=O)CC(P(=O)(O)O)P(=O)(O)O)cc1I.O=C(O)CNC(=O)c1ccc(NC(=O)CC(P(=O)(O)O)P(=O)(O)O)cc1I. The first-order chi connectivity index (χ1) is 21.6. The third-order valence-electron chi connectivity index (χ3n) is 5.64. The van der Waals surface area contributed by atoms with Crippen molar-refractivity contribution in [3.63, 3.8) is 0 Å². The molecule has 0 spiro atoms. The second-order valence-corrected chi connectivity index (χ2v) is 19.9. The first kappa shape index (κ1) is 44.4. The summed E-state index contributed by atoms with van der Waals surface area (Å²) < 4.78 is 45.7. The molecule has 0 radical (unpaired) electrons. The molecule has 26 heteroatoms. The second kappa shape index (κ2) is 18.0. The fraction of sp³-hybridized carbons (Fsp3) is 0.273. The Kier molecular flexibility index (Phi) is 16.7. The maximum absolute atomic E-state index is 11.9. The van der Waals surface area contributed by atoms with E-state index in [2.05, 4.69) is 16.0 Å². The molecular formula is C22H29I2N3O17P4. The van der Waals surface area contributed by atoms with Crippen LogP contribution >= 0.6 is 75.6 Å². The number of nitrogens with one attached hydrogen (secondary N) is 3. The number of carbonyl (C=O) groups is 4. The molecule has 2 rings (SSSR count). The summed E-state index contributed by atoms with van der Waals surface area (Å²) in [6.45, 7) is 1.28. The lowest BCUT2D eigenvalue weighted by atomic mass is 10.2. The Hall–Kier alpha value is -1.62. The maximum Gasteiger partial charge on any atom is 0.341 e. The number of carbonyl (C=O) groups excluding carboxylic acids is 3. The van der Waals surface area contributed by atoms with E-state index in [-0.39, 0.29) is 11.3 Å². The summed E-state index contributed by atoms with van der Waals surface area (Å²) in [4.78, 5) is 118. The number of anilines is 2. The predicted octanol–water partition coefficient (Wildman–Crippen LogP) is 1.73. The van der Waals surface area contributed by atoms with E-state index in [1.807, 2.05) is 29.5 Å². The molecule has 0 aliphatic heterocycles. The number of benzene rings is 2. The molecule has 48 heavy (non-hydrogen) atoms. The van der Waals surface area contributed by atoms with Gasteiger partial charge in [-0.3, -0.25) is 37.4 Å². The highest BCUT2D eigenvalue weighted by molar-refractivity contribution is 14.1. The summed E-state index contributed by atoms with van der Waals surface area (Å²) in [5.74, 6) is -3.83. The van der Waals surface area contributed by atoms with E-state index in [1.54, 1.807) is 40.8 Å². The topological polar surface area (TPSA) is 355 Å². The average molecular weight is 985 g/mol. The summed E-state index contributed by atoms with van der Waals surface area (Å²) in [5, 5.41) is 10.5. The minimum atomic E-state index is -5.23. The Balaban J connectivity index is 0.000000495. The normalized spacial score (nSPS) is 12.2. The van der Waals surface area contributed by atoms with Crippen molar-refractivity contribution < 1.29 is 81.7 Å². The van der Waals surface area contributed by atoms with Crippen molar-refractivity contribution in [1.82, 2.24) is 5.32 Å². The van der Waals surface area contributed by atoms with Crippen molar-refractivity contribution in [2.24, 2.45) is 0 Å². The number of aryl methyl sites for hydroxylation is 1. The van der Waals surface area contributed by atoms with E-state index in [1.165, 1.54) is 18.2 Å². The molecule has 12 N–H and O–H groups in total. The zero-order valence-corrected chi connectivity index (χ0v) is 32.0. The molecule has 3 amide bonds. The minimum absolute atomic E-state index is 0.106. The van der Waals surface area contributed by atoms with Gasteiger partial charge in [0, 0.05) is 18.5 Å². The molecule has 0 fully saturated rings. The van der Waals surface area contributed by atoms with Crippen LogP contribution in [0.15, 0.2) is 36.4 Å². The number of carboxylic acid groups (broad SMARTS) is 1. The number of aliphatic carboxylic acids is 1. The van der Waals surface area contributed by atoms with Gasteiger partial charge in [0.2, 0.25) is 11.8 Å². The van der Waals surface area contributed by atoms with Crippen LogP contribution in [0.3, 0.4) is 0 Å². The smallest absolute Gasteiger partial charge is 0.341 e.